The van der Waals surface area contributed by atoms with Crippen LogP contribution in [0, 0.1) is 0 Å². The van der Waals surface area contributed by atoms with Gasteiger partial charge in [0.15, 0.2) is 0 Å². The van der Waals surface area contributed by atoms with Gasteiger partial charge >= 0.3 is 0 Å². The zero-order valence-corrected chi connectivity index (χ0v) is 9.40. The van der Waals surface area contributed by atoms with Crippen molar-refractivity contribution in [3.63, 3.8) is 0 Å². The first-order valence-electron chi connectivity index (χ1n) is 4.71. The predicted octanol–water partition coefficient (Wildman–Crippen LogP) is 2.96. The Balaban J connectivity index is 2.20. The van der Waals surface area contributed by atoms with Crippen LogP contribution in [0.25, 0.3) is 0 Å². The SMILES string of the molecule is CNc1cncc(Oc2cccc(Cl)c2)n1. The Labute approximate surface area is 98.3 Å². The van der Waals surface area contributed by atoms with Crippen molar-refractivity contribution in [2.45, 2.75) is 0 Å². The minimum absolute atomic E-state index is 0.425. The first kappa shape index (κ1) is 10.7. The molecule has 0 radical (unpaired) electrons. The molecule has 1 aromatic carbocycles. The first-order valence-corrected chi connectivity index (χ1v) is 5.09. The molecule has 0 bridgehead atoms. The number of ether oxygens (including phenoxy) is 1. The highest BCUT2D eigenvalue weighted by Crippen LogP contribution is 2.22. The van der Waals surface area contributed by atoms with Crippen molar-refractivity contribution in [3.05, 3.63) is 41.7 Å². The molecule has 5 heteroatoms. The van der Waals surface area contributed by atoms with Crippen molar-refractivity contribution in [1.29, 1.82) is 0 Å². The molecule has 82 valence electrons. The van der Waals surface area contributed by atoms with Gasteiger partial charge in [0, 0.05) is 12.1 Å². The number of aromatic nitrogens is 2. The highest BCUT2D eigenvalue weighted by molar-refractivity contribution is 6.30. The van der Waals surface area contributed by atoms with E-state index < -0.39 is 0 Å². The molecule has 0 saturated heterocycles. The van der Waals surface area contributed by atoms with E-state index in [0.29, 0.717) is 22.5 Å². The summed E-state index contributed by atoms with van der Waals surface area (Å²) in [7, 11) is 1.77. The summed E-state index contributed by atoms with van der Waals surface area (Å²) in [6, 6.07) is 7.12. The van der Waals surface area contributed by atoms with Crippen LogP contribution in [0.1, 0.15) is 0 Å². The summed E-state index contributed by atoms with van der Waals surface area (Å²) in [6.45, 7) is 0. The molecule has 0 unspecified atom stereocenters. The van der Waals surface area contributed by atoms with E-state index in [1.807, 2.05) is 6.07 Å². The van der Waals surface area contributed by atoms with Gasteiger partial charge in [0.1, 0.15) is 11.6 Å². The number of benzene rings is 1. The van der Waals surface area contributed by atoms with Gasteiger partial charge in [-0.3, -0.25) is 4.98 Å². The lowest BCUT2D eigenvalue weighted by Crippen LogP contribution is -1.95. The van der Waals surface area contributed by atoms with E-state index >= 15 is 0 Å². The largest absolute Gasteiger partial charge is 0.437 e. The Morgan fingerprint density at radius 3 is 2.94 bits per heavy atom. The lowest BCUT2D eigenvalue weighted by Gasteiger charge is -2.05. The molecule has 0 spiro atoms. The molecular weight excluding hydrogens is 226 g/mol. The lowest BCUT2D eigenvalue weighted by atomic mass is 10.3. The normalized spacial score (nSPS) is 9.88. The molecule has 0 aliphatic heterocycles. The van der Waals surface area contributed by atoms with Gasteiger partial charge in [0.2, 0.25) is 5.88 Å². The summed E-state index contributed by atoms with van der Waals surface area (Å²) in [4.78, 5) is 8.17. The van der Waals surface area contributed by atoms with Crippen LogP contribution >= 0.6 is 11.6 Å². The van der Waals surface area contributed by atoms with Crippen molar-refractivity contribution in [2.75, 3.05) is 12.4 Å². The third kappa shape index (κ3) is 2.61. The minimum Gasteiger partial charge on any atom is -0.437 e. The Morgan fingerprint density at radius 2 is 2.19 bits per heavy atom. The van der Waals surface area contributed by atoms with Crippen molar-refractivity contribution < 1.29 is 4.74 Å². The molecule has 16 heavy (non-hydrogen) atoms. The molecule has 2 aromatic rings. The minimum atomic E-state index is 0.425. The molecule has 0 aliphatic carbocycles. The highest BCUT2D eigenvalue weighted by Gasteiger charge is 2.00. The standard InChI is InChI=1S/C11H10ClN3O/c1-13-10-6-14-7-11(15-10)16-9-4-2-3-8(12)5-9/h2-7H,1H3,(H,13,15). The third-order valence-corrected chi connectivity index (χ3v) is 2.12. The van der Waals surface area contributed by atoms with Gasteiger partial charge in [-0.1, -0.05) is 17.7 Å². The fourth-order valence-corrected chi connectivity index (χ4v) is 1.35. The van der Waals surface area contributed by atoms with E-state index in [0.717, 1.165) is 0 Å². The Hall–Kier alpha value is -1.81. The number of hydrogen-bond acceptors (Lipinski definition) is 4. The average molecular weight is 236 g/mol. The van der Waals surface area contributed by atoms with Gasteiger partial charge in [-0.15, -0.1) is 0 Å². The first-order chi connectivity index (χ1) is 7.78. The molecule has 0 saturated carbocycles. The van der Waals surface area contributed by atoms with Gasteiger partial charge in [0.25, 0.3) is 0 Å². The second kappa shape index (κ2) is 4.81. The maximum Gasteiger partial charge on any atom is 0.239 e. The zero-order chi connectivity index (χ0) is 11.4. The maximum absolute atomic E-state index is 5.84. The lowest BCUT2D eigenvalue weighted by molar-refractivity contribution is 0.461. The van der Waals surface area contributed by atoms with E-state index in [1.165, 1.54) is 0 Å². The Morgan fingerprint density at radius 1 is 1.31 bits per heavy atom. The molecule has 0 amide bonds. The number of hydrogen-bond donors (Lipinski definition) is 1. The average Bonchev–Trinajstić information content (AvgIpc) is 2.29. The molecule has 0 aliphatic rings. The van der Waals surface area contributed by atoms with E-state index in [2.05, 4.69) is 15.3 Å². The van der Waals surface area contributed by atoms with Crippen LogP contribution in [0.4, 0.5) is 5.82 Å². The van der Waals surface area contributed by atoms with Crippen LogP contribution in [-0.2, 0) is 0 Å². The quantitative estimate of drug-likeness (QED) is 0.889. The smallest absolute Gasteiger partial charge is 0.239 e. The van der Waals surface area contributed by atoms with E-state index in [1.54, 1.807) is 37.6 Å². The van der Waals surface area contributed by atoms with Crippen LogP contribution < -0.4 is 10.1 Å². The summed E-state index contributed by atoms with van der Waals surface area (Å²) in [5.74, 6) is 1.71. The van der Waals surface area contributed by atoms with Crippen LogP contribution in [0.15, 0.2) is 36.7 Å². The van der Waals surface area contributed by atoms with E-state index in [9.17, 15) is 0 Å². The molecule has 1 N–H and O–H groups in total. The highest BCUT2D eigenvalue weighted by atomic mass is 35.5. The third-order valence-electron chi connectivity index (χ3n) is 1.89. The number of rotatable bonds is 3. The zero-order valence-electron chi connectivity index (χ0n) is 8.64. The number of anilines is 1. The number of nitrogens with zero attached hydrogens (tertiary/aromatic N) is 2. The number of nitrogens with one attached hydrogen (secondary N) is 1. The molecule has 1 aromatic heterocycles. The molecule has 4 nitrogen and oxygen atoms in total. The van der Waals surface area contributed by atoms with E-state index in [4.69, 9.17) is 16.3 Å². The fourth-order valence-electron chi connectivity index (χ4n) is 1.17. The topological polar surface area (TPSA) is 47.0 Å². The van der Waals surface area contributed by atoms with Crippen LogP contribution in [0.5, 0.6) is 11.6 Å². The summed E-state index contributed by atoms with van der Waals surface area (Å²) in [6.07, 6.45) is 3.16. The van der Waals surface area contributed by atoms with Gasteiger partial charge in [-0.25, -0.2) is 0 Å². The molecule has 1 heterocycles. The van der Waals surface area contributed by atoms with Crippen molar-refractivity contribution in [3.8, 4) is 11.6 Å². The van der Waals surface area contributed by atoms with Crippen molar-refractivity contribution >= 4 is 17.4 Å². The summed E-state index contributed by atoms with van der Waals surface area (Å²) >= 11 is 5.84. The van der Waals surface area contributed by atoms with E-state index in [-0.39, 0.29) is 0 Å². The maximum atomic E-state index is 5.84. The van der Waals surface area contributed by atoms with Gasteiger partial charge in [-0.05, 0) is 18.2 Å². The van der Waals surface area contributed by atoms with Gasteiger partial charge in [0.05, 0.1) is 12.4 Å². The fraction of sp³-hybridized carbons (Fsp3) is 0.0909. The molecular formula is C11H10ClN3O. The van der Waals surface area contributed by atoms with Crippen LogP contribution in [0.3, 0.4) is 0 Å². The van der Waals surface area contributed by atoms with Gasteiger partial charge < -0.3 is 10.1 Å². The Bertz CT molecular complexity index is 490. The second-order valence-corrected chi connectivity index (χ2v) is 3.49. The summed E-state index contributed by atoms with van der Waals surface area (Å²) in [5, 5.41) is 3.51. The van der Waals surface area contributed by atoms with Crippen molar-refractivity contribution in [1.82, 2.24) is 9.97 Å². The predicted molar refractivity (Wildman–Crippen MR) is 63.1 cm³/mol. The molecule has 2 rings (SSSR count). The molecule has 0 atom stereocenters. The Kier molecular flexibility index (Phi) is 3.22. The van der Waals surface area contributed by atoms with Gasteiger partial charge in [-0.2, -0.15) is 4.98 Å². The second-order valence-electron chi connectivity index (χ2n) is 3.05. The summed E-state index contributed by atoms with van der Waals surface area (Å²) < 4.78 is 5.50. The summed E-state index contributed by atoms with van der Waals surface area (Å²) in [5.41, 5.74) is 0. The van der Waals surface area contributed by atoms with Crippen molar-refractivity contribution in [2.24, 2.45) is 0 Å². The number of halogens is 1. The van der Waals surface area contributed by atoms with Crippen LogP contribution in [-0.4, -0.2) is 17.0 Å². The molecule has 0 fully saturated rings. The monoisotopic (exact) mass is 235 g/mol. The van der Waals surface area contributed by atoms with Crippen LogP contribution in [0.2, 0.25) is 5.02 Å².